The highest BCUT2D eigenvalue weighted by Crippen LogP contribution is 2.28. The Morgan fingerprint density at radius 1 is 1.53 bits per heavy atom. The van der Waals surface area contributed by atoms with Gasteiger partial charge >= 0.3 is 5.97 Å². The molecule has 100 valence electrons. The molecule has 6 heteroatoms. The van der Waals surface area contributed by atoms with Crippen molar-refractivity contribution >= 4 is 11.7 Å². The number of nitro benzene ring substituents is 1. The van der Waals surface area contributed by atoms with Gasteiger partial charge in [0.25, 0.3) is 5.69 Å². The van der Waals surface area contributed by atoms with Crippen molar-refractivity contribution in [2.45, 2.75) is 26.2 Å². The van der Waals surface area contributed by atoms with Gasteiger partial charge in [-0.1, -0.05) is 19.9 Å². The Morgan fingerprint density at radius 2 is 2.16 bits per heavy atom. The molecule has 0 fully saturated rings. The summed E-state index contributed by atoms with van der Waals surface area (Å²) in [5.41, 5.74) is 0.000733. The Labute approximate surface area is 110 Å². The fourth-order valence-corrected chi connectivity index (χ4v) is 1.87. The second kappa shape index (κ2) is 5.96. The van der Waals surface area contributed by atoms with E-state index in [0.717, 1.165) is 0 Å². The van der Waals surface area contributed by atoms with Crippen molar-refractivity contribution in [3.8, 4) is 6.07 Å². The fourth-order valence-electron chi connectivity index (χ4n) is 1.87. The van der Waals surface area contributed by atoms with E-state index in [-0.39, 0.29) is 17.2 Å². The number of nitrogens with zero attached hydrogens (tertiary/aromatic N) is 2. The standard InChI is InChI=1S/C13H14N2O4/c1-8(2)5-11(13(16)17)9-3-4-12(15(18)19)10(6-9)7-14/h3-4,6,8,11H,5H2,1-2H3,(H,16,17). The molecular formula is C13H14N2O4. The second-order valence-corrected chi connectivity index (χ2v) is 4.67. The summed E-state index contributed by atoms with van der Waals surface area (Å²) in [7, 11) is 0. The van der Waals surface area contributed by atoms with Gasteiger partial charge in [-0.2, -0.15) is 5.26 Å². The first-order valence-corrected chi connectivity index (χ1v) is 5.78. The maximum absolute atomic E-state index is 11.2. The van der Waals surface area contributed by atoms with E-state index in [2.05, 4.69) is 0 Å². The van der Waals surface area contributed by atoms with Crippen LogP contribution in [0.1, 0.15) is 37.3 Å². The van der Waals surface area contributed by atoms with Crippen molar-refractivity contribution in [3.63, 3.8) is 0 Å². The maximum Gasteiger partial charge on any atom is 0.310 e. The Morgan fingerprint density at radius 3 is 2.58 bits per heavy atom. The van der Waals surface area contributed by atoms with Gasteiger partial charge in [-0.3, -0.25) is 14.9 Å². The maximum atomic E-state index is 11.2. The largest absolute Gasteiger partial charge is 0.481 e. The van der Waals surface area contributed by atoms with Crippen LogP contribution in [-0.2, 0) is 4.79 Å². The second-order valence-electron chi connectivity index (χ2n) is 4.67. The summed E-state index contributed by atoms with van der Waals surface area (Å²) in [5.74, 6) is -1.58. The highest BCUT2D eigenvalue weighted by atomic mass is 16.6. The molecule has 0 saturated carbocycles. The summed E-state index contributed by atoms with van der Waals surface area (Å²) in [6.45, 7) is 3.79. The number of hydrogen-bond acceptors (Lipinski definition) is 4. The van der Waals surface area contributed by atoms with Gasteiger partial charge in [-0.05, 0) is 24.0 Å². The van der Waals surface area contributed by atoms with Gasteiger partial charge in [-0.15, -0.1) is 0 Å². The molecule has 1 unspecified atom stereocenters. The van der Waals surface area contributed by atoms with Crippen LogP contribution in [0.3, 0.4) is 0 Å². The number of carboxylic acids is 1. The Kier molecular flexibility index (Phi) is 4.59. The Hall–Kier alpha value is -2.42. The lowest BCUT2D eigenvalue weighted by molar-refractivity contribution is -0.385. The average molecular weight is 262 g/mol. The van der Waals surface area contributed by atoms with Crippen LogP contribution in [0.5, 0.6) is 0 Å². The molecule has 1 aromatic carbocycles. The van der Waals surface area contributed by atoms with Gasteiger partial charge in [-0.25, -0.2) is 0 Å². The predicted molar refractivity (Wildman–Crippen MR) is 67.6 cm³/mol. The highest BCUT2D eigenvalue weighted by Gasteiger charge is 2.24. The summed E-state index contributed by atoms with van der Waals surface area (Å²) in [5, 5.41) is 28.8. The lowest BCUT2D eigenvalue weighted by atomic mass is 9.89. The van der Waals surface area contributed by atoms with Gasteiger partial charge in [0.2, 0.25) is 0 Å². The van der Waals surface area contributed by atoms with Crippen LogP contribution >= 0.6 is 0 Å². The van der Waals surface area contributed by atoms with Crippen LogP contribution < -0.4 is 0 Å². The number of benzene rings is 1. The predicted octanol–water partition coefficient (Wildman–Crippen LogP) is 2.68. The molecular weight excluding hydrogens is 248 g/mol. The molecule has 1 atom stereocenters. The van der Waals surface area contributed by atoms with E-state index in [1.807, 2.05) is 13.8 Å². The third-order valence-corrected chi connectivity index (χ3v) is 2.75. The van der Waals surface area contributed by atoms with Crippen LogP contribution in [0.25, 0.3) is 0 Å². The first-order valence-electron chi connectivity index (χ1n) is 5.78. The quantitative estimate of drug-likeness (QED) is 0.648. The summed E-state index contributed by atoms with van der Waals surface area (Å²) in [6, 6.07) is 5.61. The number of carboxylic acid groups (broad SMARTS) is 1. The number of rotatable bonds is 5. The van der Waals surface area contributed by atoms with Crippen molar-refractivity contribution in [2.24, 2.45) is 5.92 Å². The minimum atomic E-state index is -0.994. The van der Waals surface area contributed by atoms with Crippen molar-refractivity contribution in [2.75, 3.05) is 0 Å². The fraction of sp³-hybridized carbons (Fsp3) is 0.385. The van der Waals surface area contributed by atoms with Crippen LogP contribution in [-0.4, -0.2) is 16.0 Å². The number of hydrogen-bond donors (Lipinski definition) is 1. The van der Waals surface area contributed by atoms with Gasteiger partial charge < -0.3 is 5.11 Å². The molecule has 0 aliphatic rings. The van der Waals surface area contributed by atoms with E-state index in [1.165, 1.54) is 18.2 Å². The molecule has 6 nitrogen and oxygen atoms in total. The third-order valence-electron chi connectivity index (χ3n) is 2.75. The van der Waals surface area contributed by atoms with E-state index in [0.29, 0.717) is 12.0 Å². The molecule has 0 saturated heterocycles. The van der Waals surface area contributed by atoms with Crippen molar-refractivity contribution in [1.82, 2.24) is 0 Å². The molecule has 0 aliphatic carbocycles. The van der Waals surface area contributed by atoms with E-state index in [9.17, 15) is 20.0 Å². The molecule has 0 radical (unpaired) electrons. The van der Waals surface area contributed by atoms with E-state index in [4.69, 9.17) is 5.26 Å². The Bertz CT molecular complexity index is 546. The molecule has 1 rings (SSSR count). The number of aliphatic carboxylic acids is 1. The minimum absolute atomic E-state index is 0.113. The van der Waals surface area contributed by atoms with Crippen LogP contribution in [0.15, 0.2) is 18.2 Å². The zero-order valence-electron chi connectivity index (χ0n) is 10.7. The van der Waals surface area contributed by atoms with Crippen LogP contribution in [0.2, 0.25) is 0 Å². The van der Waals surface area contributed by atoms with E-state index in [1.54, 1.807) is 6.07 Å². The molecule has 0 bridgehead atoms. The zero-order chi connectivity index (χ0) is 14.6. The first kappa shape index (κ1) is 14.6. The molecule has 1 aromatic rings. The summed E-state index contributed by atoms with van der Waals surface area (Å²) >= 11 is 0. The Balaban J connectivity index is 3.23. The first-order chi connectivity index (χ1) is 8.86. The third kappa shape index (κ3) is 3.52. The van der Waals surface area contributed by atoms with Gasteiger partial charge in [0.15, 0.2) is 0 Å². The monoisotopic (exact) mass is 262 g/mol. The highest BCUT2D eigenvalue weighted by molar-refractivity contribution is 5.76. The van der Waals surface area contributed by atoms with E-state index >= 15 is 0 Å². The zero-order valence-corrected chi connectivity index (χ0v) is 10.7. The molecule has 0 aromatic heterocycles. The lowest BCUT2D eigenvalue weighted by Crippen LogP contribution is -2.14. The molecule has 0 heterocycles. The van der Waals surface area contributed by atoms with Gasteiger partial charge in [0.05, 0.1) is 10.8 Å². The molecule has 1 N–H and O–H groups in total. The summed E-state index contributed by atoms with van der Waals surface area (Å²) in [4.78, 5) is 21.3. The van der Waals surface area contributed by atoms with Crippen molar-refractivity contribution in [1.29, 1.82) is 5.26 Å². The minimum Gasteiger partial charge on any atom is -0.481 e. The number of carbonyl (C=O) groups is 1. The topological polar surface area (TPSA) is 104 Å². The number of nitriles is 1. The molecule has 0 aliphatic heterocycles. The van der Waals surface area contributed by atoms with Crippen LogP contribution in [0.4, 0.5) is 5.69 Å². The SMILES string of the molecule is CC(C)CC(C(=O)O)c1ccc([N+](=O)[O-])c(C#N)c1. The molecule has 0 amide bonds. The van der Waals surface area contributed by atoms with Crippen molar-refractivity contribution < 1.29 is 14.8 Å². The molecule has 19 heavy (non-hydrogen) atoms. The van der Waals surface area contributed by atoms with Gasteiger partial charge in [0.1, 0.15) is 11.6 Å². The average Bonchev–Trinajstić information content (AvgIpc) is 2.34. The molecule has 0 spiro atoms. The number of nitro groups is 1. The summed E-state index contributed by atoms with van der Waals surface area (Å²) < 4.78 is 0. The lowest BCUT2D eigenvalue weighted by Gasteiger charge is -2.15. The smallest absolute Gasteiger partial charge is 0.310 e. The van der Waals surface area contributed by atoms with Crippen molar-refractivity contribution in [3.05, 3.63) is 39.4 Å². The van der Waals surface area contributed by atoms with E-state index < -0.39 is 16.8 Å². The van der Waals surface area contributed by atoms with Crippen LogP contribution in [0, 0.1) is 27.4 Å². The van der Waals surface area contributed by atoms with Gasteiger partial charge in [0, 0.05) is 6.07 Å². The normalized spacial score (nSPS) is 11.9. The summed E-state index contributed by atoms with van der Waals surface area (Å²) in [6.07, 6.45) is 0.415.